The summed E-state index contributed by atoms with van der Waals surface area (Å²) in [4.78, 5) is 12.2. The lowest BCUT2D eigenvalue weighted by Crippen LogP contribution is -2.23. The van der Waals surface area contributed by atoms with Gasteiger partial charge in [-0.1, -0.05) is 30.3 Å². The maximum absolute atomic E-state index is 13.6. The van der Waals surface area contributed by atoms with Crippen LogP contribution in [-0.2, 0) is 9.53 Å². The Morgan fingerprint density at radius 3 is 2.48 bits per heavy atom. The van der Waals surface area contributed by atoms with Crippen molar-refractivity contribution in [3.8, 4) is 0 Å². The molecule has 0 aliphatic rings. The number of carbonyl (C=O) groups excluding carboxylic acids is 1. The minimum absolute atomic E-state index is 0.197. The molecule has 1 atom stereocenters. The van der Waals surface area contributed by atoms with Crippen molar-refractivity contribution in [2.75, 3.05) is 18.2 Å². The zero-order valence-corrected chi connectivity index (χ0v) is 11.3. The predicted molar refractivity (Wildman–Crippen MR) is 75.6 cm³/mol. The van der Waals surface area contributed by atoms with Crippen molar-refractivity contribution in [2.24, 2.45) is 0 Å². The summed E-state index contributed by atoms with van der Waals surface area (Å²) in [5.41, 5.74) is 5.53. The molecule has 2 rings (SSSR count). The third-order valence-corrected chi connectivity index (χ3v) is 2.92. The van der Waals surface area contributed by atoms with Gasteiger partial charge in [0.15, 0.2) is 6.10 Å². The first-order valence-electron chi connectivity index (χ1n) is 6.16. The Labute approximate surface area is 120 Å². The summed E-state index contributed by atoms with van der Waals surface area (Å²) in [5, 5.41) is 2.34. The second kappa shape index (κ2) is 6.32. The maximum atomic E-state index is 13.6. The molecule has 0 aliphatic carbocycles. The minimum Gasteiger partial charge on any atom is -0.396 e. The molecule has 0 spiro atoms. The van der Waals surface area contributed by atoms with Crippen molar-refractivity contribution >= 4 is 17.3 Å². The fourth-order valence-electron chi connectivity index (χ4n) is 1.88. The second-order valence-electron chi connectivity index (χ2n) is 4.37. The first-order valence-corrected chi connectivity index (χ1v) is 6.16. The first-order chi connectivity index (χ1) is 10.0. The molecule has 1 amide bonds. The third-order valence-electron chi connectivity index (χ3n) is 2.92. The van der Waals surface area contributed by atoms with Gasteiger partial charge in [0.1, 0.15) is 11.6 Å². The van der Waals surface area contributed by atoms with E-state index >= 15 is 0 Å². The number of carbonyl (C=O) groups is 1. The van der Waals surface area contributed by atoms with Crippen molar-refractivity contribution in [3.63, 3.8) is 0 Å². The van der Waals surface area contributed by atoms with Crippen molar-refractivity contribution in [1.29, 1.82) is 0 Å². The molecule has 0 aliphatic heterocycles. The summed E-state index contributed by atoms with van der Waals surface area (Å²) in [7, 11) is 1.37. The smallest absolute Gasteiger partial charge is 0.258 e. The van der Waals surface area contributed by atoms with Crippen molar-refractivity contribution in [2.45, 2.75) is 6.10 Å². The number of methoxy groups -OCH3 is 1. The average molecular weight is 292 g/mol. The van der Waals surface area contributed by atoms with Crippen LogP contribution in [0.3, 0.4) is 0 Å². The summed E-state index contributed by atoms with van der Waals surface area (Å²) in [6.45, 7) is 0. The minimum atomic E-state index is -0.906. The molecule has 110 valence electrons. The van der Waals surface area contributed by atoms with Crippen LogP contribution in [0, 0.1) is 11.6 Å². The Bertz CT molecular complexity index is 648. The normalized spacial score (nSPS) is 12.0. The van der Waals surface area contributed by atoms with Crippen LogP contribution in [0.1, 0.15) is 11.7 Å². The molecule has 4 nitrogen and oxygen atoms in total. The Morgan fingerprint density at radius 1 is 1.19 bits per heavy atom. The van der Waals surface area contributed by atoms with E-state index in [-0.39, 0.29) is 11.4 Å². The number of rotatable bonds is 4. The molecule has 3 N–H and O–H groups in total. The van der Waals surface area contributed by atoms with E-state index in [1.54, 1.807) is 30.3 Å². The van der Waals surface area contributed by atoms with Gasteiger partial charge in [0.2, 0.25) is 0 Å². The van der Waals surface area contributed by atoms with Gasteiger partial charge in [-0.15, -0.1) is 0 Å². The standard InChI is InChI=1S/C15H14F2N2O2/c1-21-14(9-5-3-2-4-6-9)15(20)19-13-8-12(18)10(16)7-11(13)17/h2-8,14H,18H2,1H3,(H,19,20). The molecule has 0 aromatic heterocycles. The molecule has 0 saturated heterocycles. The van der Waals surface area contributed by atoms with Gasteiger partial charge in [-0.25, -0.2) is 8.78 Å². The van der Waals surface area contributed by atoms with E-state index in [1.165, 1.54) is 7.11 Å². The van der Waals surface area contributed by atoms with Crippen LogP contribution in [0.25, 0.3) is 0 Å². The van der Waals surface area contributed by atoms with Gasteiger partial charge in [0.05, 0.1) is 11.4 Å². The molecule has 0 radical (unpaired) electrons. The molecule has 2 aromatic carbocycles. The zero-order valence-electron chi connectivity index (χ0n) is 11.3. The van der Waals surface area contributed by atoms with Crippen LogP contribution in [0.4, 0.5) is 20.2 Å². The number of hydrogen-bond acceptors (Lipinski definition) is 3. The van der Waals surface area contributed by atoms with Crippen LogP contribution >= 0.6 is 0 Å². The number of anilines is 2. The van der Waals surface area contributed by atoms with E-state index in [9.17, 15) is 13.6 Å². The molecule has 0 saturated carbocycles. The second-order valence-corrected chi connectivity index (χ2v) is 4.37. The lowest BCUT2D eigenvalue weighted by atomic mass is 10.1. The Morgan fingerprint density at radius 2 is 1.86 bits per heavy atom. The highest BCUT2D eigenvalue weighted by Crippen LogP contribution is 2.24. The predicted octanol–water partition coefficient (Wildman–Crippen LogP) is 2.87. The Balaban J connectivity index is 2.23. The van der Waals surface area contributed by atoms with Gasteiger partial charge in [0, 0.05) is 13.2 Å². The summed E-state index contributed by atoms with van der Waals surface area (Å²) < 4.78 is 31.8. The highest BCUT2D eigenvalue weighted by atomic mass is 19.1. The monoisotopic (exact) mass is 292 g/mol. The molecular formula is C15H14F2N2O2. The Hall–Kier alpha value is -2.47. The van der Waals surface area contributed by atoms with Crippen LogP contribution in [0.15, 0.2) is 42.5 Å². The maximum Gasteiger partial charge on any atom is 0.258 e. The molecule has 0 bridgehead atoms. The van der Waals surface area contributed by atoms with Gasteiger partial charge in [-0.3, -0.25) is 4.79 Å². The summed E-state index contributed by atoms with van der Waals surface area (Å²) in [6, 6.07) is 10.4. The number of nitrogens with two attached hydrogens (primary N) is 1. The quantitative estimate of drug-likeness (QED) is 0.852. The largest absolute Gasteiger partial charge is 0.396 e. The van der Waals surface area contributed by atoms with E-state index in [0.717, 1.165) is 6.07 Å². The van der Waals surface area contributed by atoms with Crippen LogP contribution in [-0.4, -0.2) is 13.0 Å². The lowest BCUT2D eigenvalue weighted by Gasteiger charge is -2.16. The van der Waals surface area contributed by atoms with E-state index in [2.05, 4.69) is 5.32 Å². The van der Waals surface area contributed by atoms with E-state index in [1.807, 2.05) is 0 Å². The zero-order chi connectivity index (χ0) is 15.4. The fraction of sp³-hybridized carbons (Fsp3) is 0.133. The van der Waals surface area contributed by atoms with E-state index in [4.69, 9.17) is 10.5 Å². The van der Waals surface area contributed by atoms with E-state index in [0.29, 0.717) is 11.6 Å². The average Bonchev–Trinajstić information content (AvgIpc) is 2.46. The number of ether oxygens (including phenoxy) is 1. The SMILES string of the molecule is COC(C(=O)Nc1cc(N)c(F)cc1F)c1ccccc1. The Kier molecular flexibility index (Phi) is 4.49. The summed E-state index contributed by atoms with van der Waals surface area (Å²) >= 11 is 0. The first kappa shape index (κ1) is 14.9. The number of hydrogen-bond donors (Lipinski definition) is 2. The number of benzene rings is 2. The third kappa shape index (κ3) is 3.35. The molecule has 0 fully saturated rings. The highest BCUT2D eigenvalue weighted by Gasteiger charge is 2.21. The number of nitrogens with one attached hydrogen (secondary N) is 1. The number of nitrogen functional groups attached to an aromatic ring is 1. The molecule has 0 heterocycles. The highest BCUT2D eigenvalue weighted by molar-refractivity contribution is 5.95. The topological polar surface area (TPSA) is 64.3 Å². The molecule has 6 heteroatoms. The van der Waals surface area contributed by atoms with Crippen LogP contribution < -0.4 is 11.1 Å². The number of halogens is 2. The van der Waals surface area contributed by atoms with Crippen molar-refractivity contribution < 1.29 is 18.3 Å². The van der Waals surface area contributed by atoms with E-state index < -0.39 is 23.6 Å². The van der Waals surface area contributed by atoms with Crippen molar-refractivity contribution in [3.05, 3.63) is 59.7 Å². The molecular weight excluding hydrogens is 278 g/mol. The van der Waals surface area contributed by atoms with Gasteiger partial charge in [-0.05, 0) is 11.6 Å². The lowest BCUT2D eigenvalue weighted by molar-refractivity contribution is -0.126. The van der Waals surface area contributed by atoms with Crippen LogP contribution in [0.2, 0.25) is 0 Å². The van der Waals surface area contributed by atoms with Gasteiger partial charge in [-0.2, -0.15) is 0 Å². The molecule has 2 aromatic rings. The summed E-state index contributed by atoms with van der Waals surface area (Å²) in [5.74, 6) is -2.36. The fourth-order valence-corrected chi connectivity index (χ4v) is 1.88. The molecule has 21 heavy (non-hydrogen) atoms. The van der Waals surface area contributed by atoms with Crippen LogP contribution in [0.5, 0.6) is 0 Å². The van der Waals surface area contributed by atoms with Gasteiger partial charge < -0.3 is 15.8 Å². The van der Waals surface area contributed by atoms with Gasteiger partial charge >= 0.3 is 0 Å². The molecule has 1 unspecified atom stereocenters. The number of amides is 1. The summed E-state index contributed by atoms with van der Waals surface area (Å²) in [6.07, 6.45) is -0.906. The van der Waals surface area contributed by atoms with Crippen molar-refractivity contribution in [1.82, 2.24) is 0 Å². The van der Waals surface area contributed by atoms with Gasteiger partial charge in [0.25, 0.3) is 5.91 Å².